The van der Waals surface area contributed by atoms with E-state index in [9.17, 15) is 9.59 Å². The van der Waals surface area contributed by atoms with Gasteiger partial charge in [-0.15, -0.1) is 5.10 Å². The number of nitrogens with one attached hydrogen (secondary N) is 1. The van der Waals surface area contributed by atoms with Gasteiger partial charge in [-0.05, 0) is 24.3 Å². The first-order chi connectivity index (χ1) is 11.7. The number of hydrogen-bond acceptors (Lipinski definition) is 4. The lowest BCUT2D eigenvalue weighted by atomic mass is 10.2. The van der Waals surface area contributed by atoms with Crippen molar-refractivity contribution in [1.82, 2.24) is 24.5 Å². The van der Waals surface area contributed by atoms with Crippen LogP contribution in [0.3, 0.4) is 0 Å². The van der Waals surface area contributed by atoms with Gasteiger partial charge in [-0.2, -0.15) is 0 Å². The molecule has 0 aliphatic heterocycles. The molecule has 24 heavy (non-hydrogen) atoms. The Morgan fingerprint density at radius 3 is 2.54 bits per heavy atom. The Kier molecular flexibility index (Phi) is 3.31. The van der Waals surface area contributed by atoms with E-state index in [0.29, 0.717) is 16.6 Å². The van der Waals surface area contributed by atoms with Crippen molar-refractivity contribution in [2.45, 2.75) is 6.54 Å². The molecule has 0 aliphatic rings. The van der Waals surface area contributed by atoms with Gasteiger partial charge in [0.1, 0.15) is 5.69 Å². The lowest BCUT2D eigenvalue weighted by molar-refractivity contribution is 0.692. The van der Waals surface area contributed by atoms with Gasteiger partial charge in [0.25, 0.3) is 5.56 Å². The molecule has 4 rings (SSSR count). The average molecular weight is 319 g/mol. The number of fused-ring (bicyclic) bond motifs is 1. The molecule has 0 atom stereocenters. The van der Waals surface area contributed by atoms with Crippen molar-refractivity contribution in [2.24, 2.45) is 0 Å². The van der Waals surface area contributed by atoms with Gasteiger partial charge >= 0.3 is 5.69 Å². The maximum atomic E-state index is 12.5. The number of H-pyrrole nitrogens is 1. The molecule has 0 fully saturated rings. The smallest absolute Gasteiger partial charge is 0.307 e. The highest BCUT2D eigenvalue weighted by molar-refractivity contribution is 5.76. The molecule has 118 valence electrons. The van der Waals surface area contributed by atoms with Gasteiger partial charge in [0, 0.05) is 0 Å². The van der Waals surface area contributed by atoms with E-state index in [2.05, 4.69) is 15.3 Å². The summed E-state index contributed by atoms with van der Waals surface area (Å²) >= 11 is 0. The third-order valence-corrected chi connectivity index (χ3v) is 3.77. The molecule has 4 aromatic rings. The van der Waals surface area contributed by atoms with E-state index in [1.54, 1.807) is 35.1 Å². The fraction of sp³-hybridized carbons (Fsp3) is 0.0588. The van der Waals surface area contributed by atoms with E-state index >= 15 is 0 Å². The Morgan fingerprint density at radius 1 is 0.958 bits per heavy atom. The van der Waals surface area contributed by atoms with Crippen LogP contribution in [0.15, 0.2) is 70.4 Å². The number of hydrogen-bond donors (Lipinski definition) is 1. The van der Waals surface area contributed by atoms with Crippen molar-refractivity contribution in [1.29, 1.82) is 0 Å². The summed E-state index contributed by atoms with van der Waals surface area (Å²) in [6.45, 7) is 0.0613. The van der Waals surface area contributed by atoms with E-state index in [1.807, 2.05) is 30.3 Å². The molecule has 0 saturated heterocycles. The van der Waals surface area contributed by atoms with Crippen molar-refractivity contribution < 1.29 is 0 Å². The van der Waals surface area contributed by atoms with E-state index in [-0.39, 0.29) is 12.1 Å². The second-order valence-corrected chi connectivity index (χ2v) is 5.36. The van der Waals surface area contributed by atoms with Crippen LogP contribution in [0, 0.1) is 0 Å². The highest BCUT2D eigenvalue weighted by Crippen LogP contribution is 2.07. The second-order valence-electron chi connectivity index (χ2n) is 5.36. The summed E-state index contributed by atoms with van der Waals surface area (Å²) in [4.78, 5) is 27.4. The second kappa shape index (κ2) is 5.62. The highest BCUT2D eigenvalue weighted by atomic mass is 16.2. The van der Waals surface area contributed by atoms with Crippen LogP contribution in [0.4, 0.5) is 0 Å². The van der Waals surface area contributed by atoms with E-state index in [1.165, 1.54) is 0 Å². The Bertz CT molecular complexity index is 1120. The van der Waals surface area contributed by atoms with Gasteiger partial charge in [0.05, 0.1) is 29.3 Å². The third kappa shape index (κ3) is 2.41. The van der Waals surface area contributed by atoms with Crippen LogP contribution >= 0.6 is 0 Å². The summed E-state index contributed by atoms with van der Waals surface area (Å²) < 4.78 is 2.73. The number of aromatic amines is 1. The van der Waals surface area contributed by atoms with Crippen LogP contribution in [-0.2, 0) is 6.54 Å². The third-order valence-electron chi connectivity index (χ3n) is 3.77. The summed E-state index contributed by atoms with van der Waals surface area (Å²) in [6.07, 6.45) is 1.70. The molecule has 7 heteroatoms. The van der Waals surface area contributed by atoms with Gasteiger partial charge in [0.15, 0.2) is 0 Å². The molecular weight excluding hydrogens is 306 g/mol. The number of benzene rings is 2. The van der Waals surface area contributed by atoms with Crippen molar-refractivity contribution in [3.63, 3.8) is 0 Å². The molecule has 0 amide bonds. The van der Waals surface area contributed by atoms with Gasteiger partial charge in [-0.25, -0.2) is 9.48 Å². The lowest BCUT2D eigenvalue weighted by Gasteiger charge is -2.04. The fourth-order valence-corrected chi connectivity index (χ4v) is 2.58. The Balaban J connectivity index is 1.74. The minimum Gasteiger partial charge on any atom is -0.307 e. The Hall–Kier alpha value is -3.48. The number of rotatable bonds is 3. The van der Waals surface area contributed by atoms with Gasteiger partial charge < -0.3 is 4.98 Å². The van der Waals surface area contributed by atoms with Crippen molar-refractivity contribution >= 4 is 10.9 Å². The monoisotopic (exact) mass is 319 g/mol. The van der Waals surface area contributed by atoms with Crippen LogP contribution < -0.4 is 11.2 Å². The first kappa shape index (κ1) is 14.1. The number of nitrogens with zero attached hydrogens (tertiary/aromatic N) is 4. The summed E-state index contributed by atoms with van der Waals surface area (Å²) in [6, 6.07) is 16.4. The zero-order valence-corrected chi connectivity index (χ0v) is 12.6. The maximum absolute atomic E-state index is 12.5. The SMILES string of the molecule is O=c1[nH]c2ccccc2c(=O)n1Cc1cn(-c2ccccc2)nn1. The maximum Gasteiger partial charge on any atom is 0.329 e. The average Bonchev–Trinajstić information content (AvgIpc) is 3.08. The molecule has 2 aromatic carbocycles. The quantitative estimate of drug-likeness (QED) is 0.617. The Morgan fingerprint density at radius 2 is 1.71 bits per heavy atom. The van der Waals surface area contributed by atoms with Crippen LogP contribution in [0.5, 0.6) is 0 Å². The largest absolute Gasteiger partial charge is 0.329 e. The predicted octanol–water partition coefficient (Wildman–Crippen LogP) is 1.32. The summed E-state index contributed by atoms with van der Waals surface area (Å²) in [5.41, 5.74) is 1.10. The molecule has 7 nitrogen and oxygen atoms in total. The van der Waals surface area contributed by atoms with Gasteiger partial charge in [-0.3, -0.25) is 9.36 Å². The van der Waals surface area contributed by atoms with Crippen LogP contribution in [-0.4, -0.2) is 24.5 Å². The zero-order valence-electron chi connectivity index (χ0n) is 12.6. The van der Waals surface area contributed by atoms with Crippen LogP contribution in [0.1, 0.15) is 5.69 Å². The van der Waals surface area contributed by atoms with E-state index in [0.717, 1.165) is 10.3 Å². The zero-order chi connectivity index (χ0) is 16.5. The van der Waals surface area contributed by atoms with Crippen LogP contribution in [0.2, 0.25) is 0 Å². The molecule has 0 aliphatic carbocycles. The van der Waals surface area contributed by atoms with Gasteiger partial charge in [0.2, 0.25) is 0 Å². The minimum atomic E-state index is -0.465. The topological polar surface area (TPSA) is 85.6 Å². The molecule has 2 aromatic heterocycles. The Labute approximate surface area is 135 Å². The first-order valence-electron chi connectivity index (χ1n) is 7.41. The normalized spacial score (nSPS) is 11.0. The molecule has 0 saturated carbocycles. The predicted molar refractivity (Wildman–Crippen MR) is 89.3 cm³/mol. The van der Waals surface area contributed by atoms with Gasteiger partial charge in [-0.1, -0.05) is 35.5 Å². The fourth-order valence-electron chi connectivity index (χ4n) is 2.58. The first-order valence-corrected chi connectivity index (χ1v) is 7.41. The summed E-state index contributed by atoms with van der Waals surface area (Å²) in [5, 5.41) is 8.56. The molecule has 0 radical (unpaired) electrons. The molecule has 0 unspecified atom stereocenters. The minimum absolute atomic E-state index is 0.0613. The number of aromatic nitrogens is 5. The highest BCUT2D eigenvalue weighted by Gasteiger charge is 2.10. The standard InChI is InChI=1S/C17H13N5O2/c23-16-14-8-4-5-9-15(14)18-17(24)21(16)10-12-11-22(20-19-12)13-6-2-1-3-7-13/h1-9,11H,10H2,(H,18,24). The van der Waals surface area contributed by atoms with Crippen molar-refractivity contribution in [3.05, 3.63) is 87.3 Å². The van der Waals surface area contributed by atoms with Crippen molar-refractivity contribution in [2.75, 3.05) is 0 Å². The molecular formula is C17H13N5O2. The number of para-hydroxylation sites is 2. The lowest BCUT2D eigenvalue weighted by Crippen LogP contribution is -2.35. The summed E-state index contributed by atoms with van der Waals surface area (Å²) in [5.74, 6) is 0. The van der Waals surface area contributed by atoms with E-state index < -0.39 is 5.69 Å². The van der Waals surface area contributed by atoms with Crippen LogP contribution in [0.25, 0.3) is 16.6 Å². The summed E-state index contributed by atoms with van der Waals surface area (Å²) in [7, 11) is 0. The molecule has 1 N–H and O–H groups in total. The van der Waals surface area contributed by atoms with Crippen molar-refractivity contribution in [3.8, 4) is 5.69 Å². The molecule has 2 heterocycles. The van der Waals surface area contributed by atoms with E-state index in [4.69, 9.17) is 0 Å². The molecule has 0 spiro atoms. The molecule has 0 bridgehead atoms.